The molecule has 1 aromatic heterocycles. The molecule has 1 aliphatic carbocycles. The molecule has 1 aliphatic rings. The molecular weight excluding hydrogens is 250 g/mol. The maximum Gasteiger partial charge on any atom is 0.260 e. The highest BCUT2D eigenvalue weighted by molar-refractivity contribution is 7.89. The highest BCUT2D eigenvalue weighted by Crippen LogP contribution is 2.29. The molecule has 1 N–H and O–H groups in total. The van der Waals surface area contributed by atoms with Gasteiger partial charge in [-0.15, -0.1) is 11.6 Å². The molecule has 5 nitrogen and oxygen atoms in total. The number of aromatic nitrogens is 2. The van der Waals surface area contributed by atoms with E-state index in [0.717, 1.165) is 19.3 Å². The number of H-pyrrole nitrogens is 1. The minimum Gasteiger partial charge on any atom is -0.266 e. The van der Waals surface area contributed by atoms with Crippen LogP contribution >= 0.6 is 11.6 Å². The van der Waals surface area contributed by atoms with Gasteiger partial charge in [0.1, 0.15) is 0 Å². The minimum absolute atomic E-state index is 0.122. The van der Waals surface area contributed by atoms with Gasteiger partial charge in [0.15, 0.2) is 5.03 Å². The average molecular weight is 264 g/mol. The van der Waals surface area contributed by atoms with Gasteiger partial charge < -0.3 is 0 Å². The van der Waals surface area contributed by atoms with Gasteiger partial charge >= 0.3 is 0 Å². The topological polar surface area (TPSA) is 66.1 Å². The first-order valence-corrected chi connectivity index (χ1v) is 7.11. The van der Waals surface area contributed by atoms with Gasteiger partial charge in [0.05, 0.1) is 12.1 Å². The Kier molecular flexibility index (Phi) is 3.23. The molecule has 0 unspecified atom stereocenters. The quantitative estimate of drug-likeness (QED) is 0.834. The highest BCUT2D eigenvalue weighted by Gasteiger charge is 2.33. The third kappa shape index (κ3) is 1.85. The molecule has 0 amide bonds. The van der Waals surface area contributed by atoms with Crippen molar-refractivity contribution in [3.05, 3.63) is 11.8 Å². The van der Waals surface area contributed by atoms with E-state index in [1.165, 1.54) is 10.5 Å². The Bertz CT molecular complexity index is 467. The fourth-order valence-electron chi connectivity index (χ4n) is 1.71. The smallest absolute Gasteiger partial charge is 0.260 e. The molecule has 2 rings (SSSR count). The first-order valence-electron chi connectivity index (χ1n) is 5.13. The molecule has 0 bridgehead atoms. The molecular formula is C9H14ClN3O2S. The Hall–Kier alpha value is -0.590. The molecule has 0 aliphatic heterocycles. The van der Waals surface area contributed by atoms with Crippen LogP contribution in [0.1, 0.15) is 24.8 Å². The molecule has 0 radical (unpaired) electrons. The Morgan fingerprint density at radius 2 is 2.31 bits per heavy atom. The van der Waals surface area contributed by atoms with E-state index in [1.807, 2.05) is 0 Å². The molecule has 0 aromatic carbocycles. The molecule has 7 heteroatoms. The maximum atomic E-state index is 12.2. The summed E-state index contributed by atoms with van der Waals surface area (Å²) < 4.78 is 25.8. The van der Waals surface area contributed by atoms with Crippen LogP contribution in [0.15, 0.2) is 11.2 Å². The third-order valence-electron chi connectivity index (χ3n) is 3.05. The van der Waals surface area contributed by atoms with Crippen LogP contribution in [0, 0.1) is 0 Å². The molecule has 0 saturated heterocycles. The molecule has 1 aromatic rings. The third-order valence-corrected chi connectivity index (χ3v) is 5.26. The van der Waals surface area contributed by atoms with Crippen molar-refractivity contribution in [3.8, 4) is 0 Å². The first kappa shape index (κ1) is 11.9. The number of halogens is 1. The van der Waals surface area contributed by atoms with Crippen LogP contribution in [-0.4, -0.2) is 36.0 Å². The zero-order valence-electron chi connectivity index (χ0n) is 8.98. The number of rotatable bonds is 4. The van der Waals surface area contributed by atoms with E-state index in [-0.39, 0.29) is 16.9 Å². The summed E-state index contributed by atoms with van der Waals surface area (Å²) in [5, 5.41) is 6.37. The van der Waals surface area contributed by atoms with Crippen LogP contribution in [0.3, 0.4) is 0 Å². The van der Waals surface area contributed by atoms with E-state index < -0.39 is 10.0 Å². The minimum atomic E-state index is -3.47. The Balaban J connectivity index is 2.30. The average Bonchev–Trinajstić information content (AvgIpc) is 2.62. The van der Waals surface area contributed by atoms with Crippen LogP contribution in [0.5, 0.6) is 0 Å². The predicted octanol–water partition coefficient (Wildman–Crippen LogP) is 1.32. The lowest BCUT2D eigenvalue weighted by Crippen LogP contribution is -2.41. The molecule has 1 saturated carbocycles. The summed E-state index contributed by atoms with van der Waals surface area (Å²) in [5.74, 6) is 0.142. The summed E-state index contributed by atoms with van der Waals surface area (Å²) in [6, 6.07) is 0.122. The lowest BCUT2D eigenvalue weighted by molar-refractivity contribution is 0.249. The summed E-state index contributed by atoms with van der Waals surface area (Å²) in [5.41, 5.74) is 0.521. The largest absolute Gasteiger partial charge is 0.266 e. The first-order chi connectivity index (χ1) is 7.57. The zero-order chi connectivity index (χ0) is 11.8. The van der Waals surface area contributed by atoms with Crippen molar-refractivity contribution in [2.75, 3.05) is 7.05 Å². The zero-order valence-corrected chi connectivity index (χ0v) is 10.6. The van der Waals surface area contributed by atoms with E-state index in [4.69, 9.17) is 11.6 Å². The summed E-state index contributed by atoms with van der Waals surface area (Å²) in [6.45, 7) is 0. The van der Waals surface area contributed by atoms with Crippen molar-refractivity contribution in [2.45, 2.75) is 36.2 Å². The van der Waals surface area contributed by atoms with Crippen molar-refractivity contribution >= 4 is 21.6 Å². The number of nitrogens with one attached hydrogen (secondary N) is 1. The number of nitrogens with zero attached hydrogens (tertiary/aromatic N) is 2. The van der Waals surface area contributed by atoms with Gasteiger partial charge in [-0.2, -0.15) is 9.40 Å². The number of alkyl halides is 1. The standard InChI is InChI=1S/C9H14ClN3O2S/c1-13(8-3-2-4-8)16(14,15)9-7(5-10)6-11-12-9/h6,8H,2-5H2,1H3,(H,11,12). The van der Waals surface area contributed by atoms with Crippen LogP contribution in [0.2, 0.25) is 0 Å². The normalized spacial score (nSPS) is 17.7. The van der Waals surface area contributed by atoms with Gasteiger partial charge in [-0.3, -0.25) is 5.10 Å². The molecule has 1 heterocycles. The summed E-state index contributed by atoms with van der Waals surface area (Å²) in [4.78, 5) is 0. The van der Waals surface area contributed by atoms with Crippen molar-refractivity contribution in [3.63, 3.8) is 0 Å². The van der Waals surface area contributed by atoms with Gasteiger partial charge in [0.25, 0.3) is 10.0 Å². The fourth-order valence-corrected chi connectivity index (χ4v) is 3.51. The Morgan fingerprint density at radius 1 is 1.62 bits per heavy atom. The van der Waals surface area contributed by atoms with Crippen molar-refractivity contribution < 1.29 is 8.42 Å². The Labute approximate surface area is 99.8 Å². The summed E-state index contributed by atoms with van der Waals surface area (Å²) in [7, 11) is -1.86. The van der Waals surface area contributed by atoms with Crippen LogP contribution < -0.4 is 0 Å². The van der Waals surface area contributed by atoms with Crippen LogP contribution in [-0.2, 0) is 15.9 Å². The highest BCUT2D eigenvalue weighted by atomic mass is 35.5. The number of aromatic amines is 1. The monoisotopic (exact) mass is 263 g/mol. The SMILES string of the molecule is CN(C1CCC1)S(=O)(=O)c1[nH]ncc1CCl. The van der Waals surface area contributed by atoms with E-state index in [2.05, 4.69) is 10.2 Å². The van der Waals surface area contributed by atoms with Gasteiger partial charge in [-0.25, -0.2) is 8.42 Å². The van der Waals surface area contributed by atoms with E-state index >= 15 is 0 Å². The fraction of sp³-hybridized carbons (Fsp3) is 0.667. The van der Waals surface area contributed by atoms with Gasteiger partial charge in [0, 0.05) is 18.7 Å². The lowest BCUT2D eigenvalue weighted by atomic mass is 9.94. The van der Waals surface area contributed by atoms with Crippen molar-refractivity contribution in [1.29, 1.82) is 0 Å². The second-order valence-corrected chi connectivity index (χ2v) is 6.17. The second kappa shape index (κ2) is 4.35. The molecule has 0 spiro atoms. The Morgan fingerprint density at radius 3 is 2.81 bits per heavy atom. The summed E-state index contributed by atoms with van der Waals surface area (Å²) >= 11 is 5.67. The second-order valence-electron chi connectivity index (χ2n) is 3.96. The number of sulfonamides is 1. The summed E-state index contributed by atoms with van der Waals surface area (Å²) in [6.07, 6.45) is 4.41. The van der Waals surface area contributed by atoms with Gasteiger partial charge in [-0.1, -0.05) is 6.42 Å². The number of hydrogen-bond acceptors (Lipinski definition) is 3. The predicted molar refractivity (Wildman–Crippen MR) is 60.7 cm³/mol. The maximum absolute atomic E-state index is 12.2. The molecule has 16 heavy (non-hydrogen) atoms. The van der Waals surface area contributed by atoms with E-state index in [0.29, 0.717) is 5.56 Å². The van der Waals surface area contributed by atoms with Gasteiger partial charge in [-0.05, 0) is 12.8 Å². The molecule has 1 fully saturated rings. The number of hydrogen-bond donors (Lipinski definition) is 1. The van der Waals surface area contributed by atoms with E-state index in [9.17, 15) is 8.42 Å². The van der Waals surface area contributed by atoms with Gasteiger partial charge in [0.2, 0.25) is 0 Å². The van der Waals surface area contributed by atoms with E-state index in [1.54, 1.807) is 7.05 Å². The molecule has 90 valence electrons. The lowest BCUT2D eigenvalue weighted by Gasteiger charge is -2.33. The van der Waals surface area contributed by atoms with Crippen molar-refractivity contribution in [1.82, 2.24) is 14.5 Å². The van der Waals surface area contributed by atoms with Crippen LogP contribution in [0.25, 0.3) is 0 Å². The van der Waals surface area contributed by atoms with Crippen molar-refractivity contribution in [2.24, 2.45) is 0 Å². The van der Waals surface area contributed by atoms with Crippen LogP contribution in [0.4, 0.5) is 0 Å². The molecule has 0 atom stereocenters.